The Bertz CT molecular complexity index is 626. The zero-order chi connectivity index (χ0) is 13.6. The molecule has 3 heterocycles. The SMILES string of the molecule is Cc1ccsc1[C@@H]1CC(=O)Nc2c1cnn2C(C)C. The van der Waals surface area contributed by atoms with Gasteiger partial charge in [-0.25, -0.2) is 4.68 Å². The van der Waals surface area contributed by atoms with Gasteiger partial charge in [-0.1, -0.05) is 0 Å². The highest BCUT2D eigenvalue weighted by atomic mass is 32.1. The molecule has 0 saturated heterocycles. The average Bonchev–Trinajstić information content (AvgIpc) is 2.93. The highest BCUT2D eigenvalue weighted by Crippen LogP contribution is 2.40. The molecular formula is C14H17N3OS. The molecule has 100 valence electrons. The fourth-order valence-corrected chi connectivity index (χ4v) is 3.65. The van der Waals surface area contributed by atoms with Crippen molar-refractivity contribution in [2.45, 2.75) is 39.2 Å². The third kappa shape index (κ3) is 1.98. The summed E-state index contributed by atoms with van der Waals surface area (Å²) in [6, 6.07) is 2.35. The third-order valence-corrected chi connectivity index (χ3v) is 4.69. The molecule has 0 radical (unpaired) electrons. The summed E-state index contributed by atoms with van der Waals surface area (Å²) in [4.78, 5) is 13.2. The molecule has 1 atom stereocenters. The van der Waals surface area contributed by atoms with E-state index in [1.165, 1.54) is 10.4 Å². The van der Waals surface area contributed by atoms with Gasteiger partial charge in [-0.05, 0) is 37.8 Å². The number of aromatic nitrogens is 2. The van der Waals surface area contributed by atoms with Crippen molar-refractivity contribution in [1.29, 1.82) is 0 Å². The lowest BCUT2D eigenvalue weighted by atomic mass is 9.91. The predicted molar refractivity (Wildman–Crippen MR) is 76.8 cm³/mol. The summed E-state index contributed by atoms with van der Waals surface area (Å²) in [6.07, 6.45) is 2.41. The smallest absolute Gasteiger partial charge is 0.226 e. The van der Waals surface area contributed by atoms with Gasteiger partial charge in [-0.3, -0.25) is 4.79 Å². The van der Waals surface area contributed by atoms with Crippen LogP contribution in [-0.4, -0.2) is 15.7 Å². The number of rotatable bonds is 2. The Balaban J connectivity index is 2.11. The largest absolute Gasteiger partial charge is 0.311 e. The van der Waals surface area contributed by atoms with Gasteiger partial charge in [0.1, 0.15) is 5.82 Å². The Kier molecular flexibility index (Phi) is 2.93. The average molecular weight is 275 g/mol. The van der Waals surface area contributed by atoms with Gasteiger partial charge in [-0.2, -0.15) is 5.10 Å². The Morgan fingerprint density at radius 1 is 1.53 bits per heavy atom. The lowest BCUT2D eigenvalue weighted by Gasteiger charge is -2.24. The van der Waals surface area contributed by atoms with Crippen LogP contribution in [0.2, 0.25) is 0 Å². The van der Waals surface area contributed by atoms with Gasteiger partial charge in [0.25, 0.3) is 0 Å². The second-order valence-electron chi connectivity index (χ2n) is 5.26. The van der Waals surface area contributed by atoms with E-state index in [4.69, 9.17) is 0 Å². The Morgan fingerprint density at radius 2 is 2.32 bits per heavy atom. The minimum atomic E-state index is 0.0766. The van der Waals surface area contributed by atoms with Gasteiger partial charge in [0.2, 0.25) is 5.91 Å². The standard InChI is InChI=1S/C14H17N3OS/c1-8(2)17-14-11(7-15-17)10(6-12(18)16-14)13-9(3)4-5-19-13/h4-5,7-8,10H,6H2,1-3H3,(H,16,18)/t10-/m1/s1. The predicted octanol–water partition coefficient (Wildman–Crippen LogP) is 3.31. The first kappa shape index (κ1) is 12.4. The quantitative estimate of drug-likeness (QED) is 0.914. The molecule has 0 bridgehead atoms. The topological polar surface area (TPSA) is 46.9 Å². The minimum absolute atomic E-state index is 0.0766. The number of anilines is 1. The van der Waals surface area contributed by atoms with Crippen LogP contribution in [-0.2, 0) is 4.79 Å². The molecule has 5 heteroatoms. The van der Waals surface area contributed by atoms with Crippen molar-refractivity contribution in [3.05, 3.63) is 33.6 Å². The molecule has 1 aliphatic rings. The molecule has 3 rings (SSSR count). The van der Waals surface area contributed by atoms with E-state index in [2.05, 4.69) is 42.6 Å². The number of amides is 1. The second-order valence-corrected chi connectivity index (χ2v) is 6.21. The van der Waals surface area contributed by atoms with E-state index in [1.54, 1.807) is 11.3 Å². The van der Waals surface area contributed by atoms with Crippen LogP contribution < -0.4 is 5.32 Å². The lowest BCUT2D eigenvalue weighted by Crippen LogP contribution is -2.25. The van der Waals surface area contributed by atoms with Gasteiger partial charge < -0.3 is 5.32 Å². The highest BCUT2D eigenvalue weighted by Gasteiger charge is 2.31. The van der Waals surface area contributed by atoms with Crippen molar-refractivity contribution < 1.29 is 4.79 Å². The van der Waals surface area contributed by atoms with E-state index < -0.39 is 0 Å². The number of fused-ring (bicyclic) bond motifs is 1. The highest BCUT2D eigenvalue weighted by molar-refractivity contribution is 7.10. The summed E-state index contributed by atoms with van der Waals surface area (Å²) in [6.45, 7) is 6.24. The van der Waals surface area contributed by atoms with Crippen molar-refractivity contribution in [1.82, 2.24) is 9.78 Å². The fraction of sp³-hybridized carbons (Fsp3) is 0.429. The first-order valence-corrected chi connectivity index (χ1v) is 7.37. The third-order valence-electron chi connectivity index (χ3n) is 3.55. The van der Waals surface area contributed by atoms with Crippen LogP contribution in [0.5, 0.6) is 0 Å². The molecule has 0 fully saturated rings. The molecule has 0 aliphatic carbocycles. The van der Waals surface area contributed by atoms with Crippen LogP contribution in [0.1, 0.15) is 48.2 Å². The molecular weight excluding hydrogens is 258 g/mol. The molecule has 0 saturated carbocycles. The summed E-state index contributed by atoms with van der Waals surface area (Å²) < 4.78 is 1.89. The molecule has 0 spiro atoms. The minimum Gasteiger partial charge on any atom is -0.311 e. The van der Waals surface area contributed by atoms with Crippen molar-refractivity contribution in [3.8, 4) is 0 Å². The maximum Gasteiger partial charge on any atom is 0.226 e. The molecule has 2 aromatic rings. The Morgan fingerprint density at radius 3 is 2.95 bits per heavy atom. The normalized spacial score (nSPS) is 18.5. The number of aryl methyl sites for hydroxylation is 1. The Hall–Kier alpha value is -1.62. The van der Waals surface area contributed by atoms with Crippen LogP contribution >= 0.6 is 11.3 Å². The first-order chi connectivity index (χ1) is 9.08. The maximum absolute atomic E-state index is 12.0. The number of carbonyl (C=O) groups is 1. The van der Waals surface area contributed by atoms with Gasteiger partial charge >= 0.3 is 0 Å². The van der Waals surface area contributed by atoms with E-state index in [0.29, 0.717) is 6.42 Å². The van der Waals surface area contributed by atoms with Crippen LogP contribution in [0.15, 0.2) is 17.6 Å². The van der Waals surface area contributed by atoms with Crippen LogP contribution in [0.3, 0.4) is 0 Å². The maximum atomic E-state index is 12.0. The second kappa shape index (κ2) is 4.49. The molecule has 4 nitrogen and oxygen atoms in total. The van der Waals surface area contributed by atoms with Crippen molar-refractivity contribution in [2.75, 3.05) is 5.32 Å². The molecule has 1 aliphatic heterocycles. The zero-order valence-electron chi connectivity index (χ0n) is 11.3. The summed E-state index contributed by atoms with van der Waals surface area (Å²) in [5, 5.41) is 9.48. The van der Waals surface area contributed by atoms with Crippen molar-refractivity contribution >= 4 is 23.1 Å². The number of hydrogen-bond acceptors (Lipinski definition) is 3. The molecule has 0 unspecified atom stereocenters. The molecule has 1 amide bonds. The summed E-state index contributed by atoms with van der Waals surface area (Å²) >= 11 is 1.72. The van der Waals surface area contributed by atoms with E-state index in [9.17, 15) is 4.79 Å². The van der Waals surface area contributed by atoms with E-state index in [1.807, 2.05) is 10.9 Å². The van der Waals surface area contributed by atoms with Crippen LogP contribution in [0, 0.1) is 6.92 Å². The monoisotopic (exact) mass is 275 g/mol. The molecule has 19 heavy (non-hydrogen) atoms. The number of hydrogen-bond donors (Lipinski definition) is 1. The van der Waals surface area contributed by atoms with Gasteiger partial charge in [0.15, 0.2) is 0 Å². The van der Waals surface area contributed by atoms with Gasteiger partial charge in [0.05, 0.1) is 6.20 Å². The number of thiophene rings is 1. The zero-order valence-corrected chi connectivity index (χ0v) is 12.1. The van der Waals surface area contributed by atoms with Gasteiger partial charge in [-0.15, -0.1) is 11.3 Å². The van der Waals surface area contributed by atoms with Gasteiger partial charge in [0, 0.05) is 28.8 Å². The lowest BCUT2D eigenvalue weighted by molar-refractivity contribution is -0.116. The van der Waals surface area contributed by atoms with E-state index in [-0.39, 0.29) is 17.9 Å². The van der Waals surface area contributed by atoms with Crippen molar-refractivity contribution in [3.63, 3.8) is 0 Å². The number of nitrogens with one attached hydrogen (secondary N) is 1. The molecule has 1 N–H and O–H groups in total. The Labute approximate surface area is 116 Å². The first-order valence-electron chi connectivity index (χ1n) is 6.49. The van der Waals surface area contributed by atoms with Crippen LogP contribution in [0.4, 0.5) is 5.82 Å². The summed E-state index contributed by atoms with van der Waals surface area (Å²) in [7, 11) is 0. The number of carbonyl (C=O) groups excluding carboxylic acids is 1. The van der Waals surface area contributed by atoms with E-state index >= 15 is 0 Å². The molecule has 2 aromatic heterocycles. The van der Waals surface area contributed by atoms with Crippen molar-refractivity contribution in [2.24, 2.45) is 0 Å². The summed E-state index contributed by atoms with van der Waals surface area (Å²) in [5.41, 5.74) is 2.40. The number of nitrogens with zero attached hydrogens (tertiary/aromatic N) is 2. The molecule has 0 aromatic carbocycles. The van der Waals surface area contributed by atoms with Crippen LogP contribution in [0.25, 0.3) is 0 Å². The van der Waals surface area contributed by atoms with E-state index in [0.717, 1.165) is 11.4 Å². The summed E-state index contributed by atoms with van der Waals surface area (Å²) in [5.74, 6) is 1.09. The fourth-order valence-electron chi connectivity index (χ4n) is 2.61.